The van der Waals surface area contributed by atoms with Gasteiger partial charge in [0.15, 0.2) is 0 Å². The third-order valence-corrected chi connectivity index (χ3v) is 0.848. The van der Waals surface area contributed by atoms with Crippen molar-refractivity contribution in [3.8, 4) is 0 Å². The molecule has 1 radical (unpaired) electrons. The molecule has 9 heavy (non-hydrogen) atoms. The minimum absolute atomic E-state index is 0.00926. The maximum absolute atomic E-state index is 12.1. The fraction of sp³-hybridized carbons (Fsp3) is 0. The maximum Gasteiger partial charge on any atom is 0.411 e. The van der Waals surface area contributed by atoms with Gasteiger partial charge in [-0.15, -0.1) is 0 Å². The molecule has 0 atom stereocenters. The highest BCUT2D eigenvalue weighted by Crippen LogP contribution is 1.85. The van der Waals surface area contributed by atoms with Crippen LogP contribution in [0.5, 0.6) is 0 Å². The number of nitrogens with zero attached hydrogens (tertiary/aromatic N) is 1. The number of hydrogen-bond donors (Lipinski definition) is 0. The lowest BCUT2D eigenvalue weighted by Gasteiger charge is -1.88. The van der Waals surface area contributed by atoms with E-state index in [0.29, 0.717) is 0 Å². The normalized spacial score (nSPS) is 9.11. The molecule has 0 amide bonds. The molecular weight excluding hydrogens is 123 g/mol. The van der Waals surface area contributed by atoms with Crippen LogP contribution in [-0.4, -0.2) is 12.5 Å². The Morgan fingerprint density at radius 2 is 2.22 bits per heavy atom. The molecule has 0 bridgehead atoms. The van der Waals surface area contributed by atoms with Gasteiger partial charge in [-0.3, -0.25) is 0 Å². The minimum atomic E-state index is -0.665. The van der Waals surface area contributed by atoms with Crippen molar-refractivity contribution in [3.63, 3.8) is 0 Å². The van der Waals surface area contributed by atoms with Crippen LogP contribution in [0.4, 0.5) is 8.71 Å². The van der Waals surface area contributed by atoms with E-state index in [9.17, 15) is 8.71 Å². The molecule has 0 aliphatic rings. The van der Waals surface area contributed by atoms with Crippen molar-refractivity contribution >= 4 is 13.1 Å². The van der Waals surface area contributed by atoms with Crippen molar-refractivity contribution in [3.05, 3.63) is 24.1 Å². The molecular formula is C5H3BF2N. The molecule has 0 aromatic carbocycles. The molecule has 1 rings (SSSR count). The number of rotatable bonds is 1. The summed E-state index contributed by atoms with van der Waals surface area (Å²) in [7, 11) is 0.253. The van der Waals surface area contributed by atoms with Gasteiger partial charge in [0.25, 0.3) is 0 Å². The van der Waals surface area contributed by atoms with Gasteiger partial charge < -0.3 is 4.32 Å². The van der Waals surface area contributed by atoms with Crippen molar-refractivity contribution < 1.29 is 8.71 Å². The van der Waals surface area contributed by atoms with Crippen LogP contribution >= 0.6 is 0 Å². The zero-order chi connectivity index (χ0) is 6.69. The van der Waals surface area contributed by atoms with Crippen LogP contribution in [0.1, 0.15) is 0 Å². The number of aromatic nitrogens is 1. The van der Waals surface area contributed by atoms with Gasteiger partial charge in [0, 0.05) is 5.59 Å². The van der Waals surface area contributed by atoms with E-state index in [4.69, 9.17) is 0 Å². The molecule has 1 aromatic heterocycles. The zero-order valence-corrected chi connectivity index (χ0v) is 4.51. The summed E-state index contributed by atoms with van der Waals surface area (Å²) in [5.41, 5.74) is 0.00926. The molecule has 1 aromatic rings. The first-order valence-corrected chi connectivity index (χ1v) is 2.39. The third-order valence-electron chi connectivity index (χ3n) is 0.848. The first-order chi connectivity index (χ1) is 4.33. The molecule has 1 nitrogen and oxygen atoms in total. The predicted octanol–water partition coefficient (Wildman–Crippen LogP) is 0.435. The van der Waals surface area contributed by atoms with Crippen molar-refractivity contribution in [2.75, 3.05) is 0 Å². The van der Waals surface area contributed by atoms with Crippen LogP contribution < -0.4 is 5.59 Å². The van der Waals surface area contributed by atoms with E-state index in [1.54, 1.807) is 0 Å². The molecule has 0 aliphatic carbocycles. The zero-order valence-electron chi connectivity index (χ0n) is 4.51. The van der Waals surface area contributed by atoms with Crippen LogP contribution in [-0.2, 0) is 0 Å². The summed E-state index contributed by atoms with van der Waals surface area (Å²) in [4.78, 5) is 3.19. The summed E-state index contributed by atoms with van der Waals surface area (Å²) in [6, 6.07) is 3.93. The van der Waals surface area contributed by atoms with E-state index in [0.717, 1.165) is 6.07 Å². The van der Waals surface area contributed by atoms with Gasteiger partial charge in [-0.1, -0.05) is 6.07 Å². The lowest BCUT2D eigenvalue weighted by Crippen LogP contribution is -2.14. The van der Waals surface area contributed by atoms with E-state index in [1.165, 1.54) is 12.1 Å². The smallest absolute Gasteiger partial charge is 0.333 e. The molecule has 4 heteroatoms. The Kier molecular flexibility index (Phi) is 1.77. The highest BCUT2D eigenvalue weighted by atomic mass is 19.1. The summed E-state index contributed by atoms with van der Waals surface area (Å²) >= 11 is 0. The van der Waals surface area contributed by atoms with Gasteiger partial charge in [0.2, 0.25) is 5.95 Å². The Balaban J connectivity index is 2.94. The number of pyridine rings is 1. The standard InChI is InChI=1S/C5H3BF2N/c7-5-3-1-2-4(6-8)9-5/h1-3H. The molecule has 45 valence electrons. The van der Waals surface area contributed by atoms with Crippen LogP contribution in [0.25, 0.3) is 0 Å². The van der Waals surface area contributed by atoms with Gasteiger partial charge in [0.1, 0.15) is 0 Å². The highest BCUT2D eigenvalue weighted by molar-refractivity contribution is 6.44. The van der Waals surface area contributed by atoms with Gasteiger partial charge in [0.05, 0.1) is 0 Å². The van der Waals surface area contributed by atoms with Crippen molar-refractivity contribution in [1.82, 2.24) is 4.98 Å². The van der Waals surface area contributed by atoms with E-state index in [1.807, 2.05) is 0 Å². The molecule has 0 saturated heterocycles. The Morgan fingerprint density at radius 3 is 2.67 bits per heavy atom. The predicted molar refractivity (Wildman–Crippen MR) is 30.7 cm³/mol. The lowest BCUT2D eigenvalue weighted by molar-refractivity contribution is 0.586. The Bertz CT molecular complexity index is 204. The molecule has 0 spiro atoms. The Morgan fingerprint density at radius 1 is 1.44 bits per heavy atom. The SMILES string of the molecule is F[B]c1cccc(F)n1. The molecule has 0 unspecified atom stereocenters. The molecule has 0 fully saturated rings. The molecule has 0 saturated carbocycles. The number of halogens is 2. The van der Waals surface area contributed by atoms with Gasteiger partial charge >= 0.3 is 7.56 Å². The largest absolute Gasteiger partial charge is 0.411 e. The van der Waals surface area contributed by atoms with E-state index < -0.39 is 5.95 Å². The molecule has 1 heterocycles. The van der Waals surface area contributed by atoms with Crippen molar-refractivity contribution in [2.45, 2.75) is 0 Å². The number of hydrogen-bond acceptors (Lipinski definition) is 1. The topological polar surface area (TPSA) is 12.9 Å². The van der Waals surface area contributed by atoms with Crippen LogP contribution in [0.2, 0.25) is 0 Å². The lowest BCUT2D eigenvalue weighted by atomic mass is 9.99. The van der Waals surface area contributed by atoms with Crippen LogP contribution in [0.3, 0.4) is 0 Å². The monoisotopic (exact) mass is 126 g/mol. The second-order valence-electron chi connectivity index (χ2n) is 1.49. The highest BCUT2D eigenvalue weighted by Gasteiger charge is 1.96. The summed E-state index contributed by atoms with van der Waals surface area (Å²) < 4.78 is 23.6. The fourth-order valence-electron chi connectivity index (χ4n) is 0.485. The second kappa shape index (κ2) is 2.57. The summed E-state index contributed by atoms with van der Waals surface area (Å²) in [6.07, 6.45) is 0. The van der Waals surface area contributed by atoms with E-state index in [2.05, 4.69) is 4.98 Å². The fourth-order valence-corrected chi connectivity index (χ4v) is 0.485. The van der Waals surface area contributed by atoms with Crippen LogP contribution in [0, 0.1) is 5.95 Å². The summed E-state index contributed by atoms with van der Waals surface area (Å²) in [5.74, 6) is -0.665. The van der Waals surface area contributed by atoms with Gasteiger partial charge in [-0.05, 0) is 12.1 Å². The first kappa shape index (κ1) is 6.20. The molecule has 0 aliphatic heterocycles. The van der Waals surface area contributed by atoms with Gasteiger partial charge in [-0.25, -0.2) is 4.98 Å². The van der Waals surface area contributed by atoms with Crippen molar-refractivity contribution in [1.29, 1.82) is 0 Å². The minimum Gasteiger partial charge on any atom is -0.333 e. The quantitative estimate of drug-likeness (QED) is 0.392. The average Bonchev–Trinajstić information content (AvgIpc) is 1.88. The second-order valence-corrected chi connectivity index (χ2v) is 1.49. The third kappa shape index (κ3) is 1.49. The average molecular weight is 126 g/mol. The summed E-state index contributed by atoms with van der Waals surface area (Å²) in [6.45, 7) is 0. The summed E-state index contributed by atoms with van der Waals surface area (Å²) in [5, 5.41) is 0. The molecule has 0 N–H and O–H groups in total. The van der Waals surface area contributed by atoms with Crippen LogP contribution in [0.15, 0.2) is 18.2 Å². The Hall–Kier alpha value is -0.925. The van der Waals surface area contributed by atoms with Gasteiger partial charge in [-0.2, -0.15) is 4.39 Å². The Labute approximate surface area is 52.0 Å². The maximum atomic E-state index is 12.1. The first-order valence-electron chi connectivity index (χ1n) is 2.39. The van der Waals surface area contributed by atoms with Crippen molar-refractivity contribution in [2.24, 2.45) is 0 Å². The van der Waals surface area contributed by atoms with E-state index in [-0.39, 0.29) is 13.1 Å². The van der Waals surface area contributed by atoms with E-state index >= 15 is 0 Å².